The minimum absolute atomic E-state index is 0. The third-order valence-corrected chi connectivity index (χ3v) is 5.22. The molecule has 2 aromatic carbocycles. The number of aryl methyl sites for hydroxylation is 2. The number of thioether (sulfide) groups is 2. The minimum atomic E-state index is 0. The Balaban J connectivity index is 0.00000338. The summed E-state index contributed by atoms with van der Waals surface area (Å²) in [5.41, 5.74) is 6.45. The van der Waals surface area contributed by atoms with Crippen molar-refractivity contribution in [2.45, 2.75) is 37.5 Å². The first-order valence-corrected chi connectivity index (χ1v) is 10.6. The predicted molar refractivity (Wildman–Crippen MR) is 115 cm³/mol. The molecule has 0 aliphatic carbocycles. The molecule has 0 fully saturated rings. The quantitative estimate of drug-likeness (QED) is 0.423. The molecule has 0 saturated heterocycles. The van der Waals surface area contributed by atoms with Crippen LogP contribution in [0.15, 0.2) is 63.0 Å². The van der Waals surface area contributed by atoms with Crippen LogP contribution >= 0.6 is 23.5 Å². The van der Waals surface area contributed by atoms with E-state index in [1.165, 1.54) is 20.9 Å². The molecule has 0 amide bonds. The van der Waals surface area contributed by atoms with Gasteiger partial charge in [-0.15, -0.1) is 29.2 Å². The Hall–Kier alpha value is -1.05. The molecule has 5 heteroatoms. The average molecular weight is 377 g/mol. The van der Waals surface area contributed by atoms with Crippen LogP contribution < -0.4 is 18.9 Å². The number of aliphatic imine (C=N–C) groups is 1. The fraction of sp³-hybridized carbons (Fsp3) is 0.286. The number of rotatable bonds is 6. The number of allylic oxidation sites excluding steroid dienone is 2. The van der Waals surface area contributed by atoms with Gasteiger partial charge in [-0.25, -0.2) is 0 Å². The molecule has 0 aliphatic heterocycles. The van der Waals surface area contributed by atoms with Crippen LogP contribution in [0.1, 0.15) is 25.0 Å². The van der Waals surface area contributed by atoms with Crippen LogP contribution in [0.2, 0.25) is 0 Å². The summed E-state index contributed by atoms with van der Waals surface area (Å²) in [6.07, 6.45) is 6.20. The molecule has 0 unspecified atom stereocenters. The van der Waals surface area contributed by atoms with Gasteiger partial charge in [0, 0.05) is 10.6 Å². The van der Waals surface area contributed by atoms with Crippen molar-refractivity contribution in [3.05, 3.63) is 64.6 Å². The Morgan fingerprint density at radius 1 is 0.923 bits per heavy atom. The van der Waals surface area contributed by atoms with Gasteiger partial charge in [-0.3, -0.25) is 4.99 Å². The summed E-state index contributed by atoms with van der Waals surface area (Å²) in [6, 6.07) is 12.7. The SMILES string of the molecule is CSc1cc(C)ccc1N=C(C)/C=C(/C)[N-]c1ccc(C)cc1SC.[Li+]. The first-order chi connectivity index (χ1) is 11.9. The molecule has 2 aromatic rings. The molecule has 2 rings (SSSR count). The Kier molecular flexibility index (Phi) is 9.67. The molecule has 0 heterocycles. The smallest absolute Gasteiger partial charge is 0.661 e. The van der Waals surface area contributed by atoms with E-state index in [0.717, 1.165) is 22.8 Å². The maximum Gasteiger partial charge on any atom is 1.00 e. The molecule has 0 atom stereocenters. The summed E-state index contributed by atoms with van der Waals surface area (Å²) in [6.45, 7) is 8.25. The second kappa shape index (κ2) is 10.9. The molecule has 0 spiro atoms. The molecular formula is C21H25LiN2S2. The third kappa shape index (κ3) is 6.59. The first-order valence-electron chi connectivity index (χ1n) is 8.17. The average Bonchev–Trinajstić information content (AvgIpc) is 2.57. The molecule has 0 radical (unpaired) electrons. The Morgan fingerprint density at radius 3 is 2.12 bits per heavy atom. The molecule has 0 aromatic heterocycles. The minimum Gasteiger partial charge on any atom is -0.661 e. The molecule has 0 saturated carbocycles. The molecule has 0 N–H and O–H groups in total. The van der Waals surface area contributed by atoms with Gasteiger partial charge in [0.05, 0.1) is 5.69 Å². The van der Waals surface area contributed by atoms with Crippen molar-refractivity contribution >= 4 is 40.6 Å². The molecule has 0 aliphatic rings. The van der Waals surface area contributed by atoms with Gasteiger partial charge in [-0.2, -0.15) is 5.70 Å². The van der Waals surface area contributed by atoms with E-state index in [1.54, 1.807) is 23.5 Å². The van der Waals surface area contributed by atoms with Gasteiger partial charge in [0.25, 0.3) is 0 Å². The maximum atomic E-state index is 4.76. The van der Waals surface area contributed by atoms with Crippen molar-refractivity contribution in [2.24, 2.45) is 4.99 Å². The van der Waals surface area contributed by atoms with E-state index in [0.29, 0.717) is 0 Å². The number of hydrogen-bond acceptors (Lipinski definition) is 3. The van der Waals surface area contributed by atoms with Gasteiger partial charge in [0.1, 0.15) is 0 Å². The van der Waals surface area contributed by atoms with Crippen LogP contribution in [0.25, 0.3) is 5.32 Å². The summed E-state index contributed by atoms with van der Waals surface area (Å²) in [7, 11) is 0. The summed E-state index contributed by atoms with van der Waals surface area (Å²) in [5, 5.41) is 4.76. The molecule has 2 nitrogen and oxygen atoms in total. The van der Waals surface area contributed by atoms with Crippen molar-refractivity contribution in [3.8, 4) is 0 Å². The van der Waals surface area contributed by atoms with Crippen molar-refractivity contribution in [1.82, 2.24) is 0 Å². The van der Waals surface area contributed by atoms with Crippen LogP contribution in [0.5, 0.6) is 0 Å². The monoisotopic (exact) mass is 376 g/mol. The second-order valence-electron chi connectivity index (χ2n) is 6.00. The van der Waals surface area contributed by atoms with Crippen LogP contribution in [0.4, 0.5) is 11.4 Å². The first kappa shape index (κ1) is 23.0. The Bertz CT molecular complexity index is 814. The van der Waals surface area contributed by atoms with Gasteiger partial charge in [0.2, 0.25) is 0 Å². The summed E-state index contributed by atoms with van der Waals surface area (Å²) >= 11 is 3.45. The van der Waals surface area contributed by atoms with E-state index in [4.69, 9.17) is 10.3 Å². The Labute approximate surface area is 178 Å². The second-order valence-corrected chi connectivity index (χ2v) is 7.70. The van der Waals surface area contributed by atoms with E-state index in [2.05, 4.69) is 62.8 Å². The normalized spacial score (nSPS) is 11.9. The summed E-state index contributed by atoms with van der Waals surface area (Å²) in [4.78, 5) is 7.16. The number of hydrogen-bond donors (Lipinski definition) is 0. The third-order valence-electron chi connectivity index (χ3n) is 3.68. The van der Waals surface area contributed by atoms with Crippen molar-refractivity contribution < 1.29 is 18.9 Å². The van der Waals surface area contributed by atoms with Crippen molar-refractivity contribution in [2.75, 3.05) is 12.5 Å². The van der Waals surface area contributed by atoms with E-state index < -0.39 is 0 Å². The zero-order chi connectivity index (χ0) is 18.4. The van der Waals surface area contributed by atoms with Crippen LogP contribution in [-0.4, -0.2) is 18.2 Å². The van der Waals surface area contributed by atoms with E-state index in [9.17, 15) is 0 Å². The van der Waals surface area contributed by atoms with Crippen LogP contribution in [0.3, 0.4) is 0 Å². The molecule has 0 bridgehead atoms. The Morgan fingerprint density at radius 2 is 1.50 bits per heavy atom. The number of nitrogens with zero attached hydrogens (tertiary/aromatic N) is 2. The number of benzene rings is 2. The molecule has 132 valence electrons. The predicted octanol–water partition coefficient (Wildman–Crippen LogP) is 4.45. The van der Waals surface area contributed by atoms with Gasteiger partial charge < -0.3 is 5.32 Å². The van der Waals surface area contributed by atoms with Crippen molar-refractivity contribution in [1.29, 1.82) is 0 Å². The zero-order valence-electron chi connectivity index (χ0n) is 16.8. The van der Waals surface area contributed by atoms with Gasteiger partial charge in [-0.1, -0.05) is 36.8 Å². The topological polar surface area (TPSA) is 26.5 Å². The van der Waals surface area contributed by atoms with Crippen LogP contribution in [-0.2, 0) is 0 Å². The van der Waals surface area contributed by atoms with E-state index in [1.807, 2.05) is 19.9 Å². The molecular weight excluding hydrogens is 351 g/mol. The van der Waals surface area contributed by atoms with Crippen molar-refractivity contribution in [3.63, 3.8) is 0 Å². The van der Waals surface area contributed by atoms with Gasteiger partial charge in [-0.05, 0) is 61.9 Å². The maximum absolute atomic E-state index is 4.76. The summed E-state index contributed by atoms with van der Waals surface area (Å²) < 4.78 is 0. The van der Waals surface area contributed by atoms with E-state index >= 15 is 0 Å². The van der Waals surface area contributed by atoms with Gasteiger partial charge >= 0.3 is 18.9 Å². The standard InChI is InChI=1S/C21H25N2S2.Li/c1-14-7-9-18(20(11-14)24-5)22-16(3)13-17(4)23-19-10-8-15(2)12-21(19)25-6;/h7-13H,1-6H3;/q-1;+1/b16-13-,23-17?;. The fourth-order valence-electron chi connectivity index (χ4n) is 2.50. The van der Waals surface area contributed by atoms with Crippen LogP contribution in [0, 0.1) is 13.8 Å². The van der Waals surface area contributed by atoms with E-state index in [-0.39, 0.29) is 18.9 Å². The largest absolute Gasteiger partial charge is 1.00 e. The van der Waals surface area contributed by atoms with Gasteiger partial charge in [0.15, 0.2) is 0 Å². The molecule has 26 heavy (non-hydrogen) atoms. The fourth-order valence-corrected chi connectivity index (χ4v) is 3.75. The summed E-state index contributed by atoms with van der Waals surface area (Å²) in [5.74, 6) is 0. The zero-order valence-corrected chi connectivity index (χ0v) is 18.4.